The largest absolute Gasteiger partial charge is 0.495 e. The van der Waals surface area contributed by atoms with E-state index in [1.165, 1.54) is 0 Å². The average Bonchev–Trinajstić information content (AvgIpc) is 3.12. The van der Waals surface area contributed by atoms with Gasteiger partial charge in [-0.15, -0.1) is 0 Å². The monoisotopic (exact) mass is 457 g/mol. The van der Waals surface area contributed by atoms with Crippen molar-refractivity contribution in [3.63, 3.8) is 0 Å². The van der Waals surface area contributed by atoms with Crippen LogP contribution in [0.25, 0.3) is 27.5 Å². The summed E-state index contributed by atoms with van der Waals surface area (Å²) in [5, 5.41) is 11.7. The van der Waals surface area contributed by atoms with E-state index in [9.17, 15) is 9.90 Å². The number of hydrogen-bond acceptors (Lipinski definition) is 6. The number of anilines is 1. The first-order valence-electron chi connectivity index (χ1n) is 11.9. The van der Waals surface area contributed by atoms with Crippen LogP contribution in [0.3, 0.4) is 0 Å². The number of imidazole rings is 1. The van der Waals surface area contributed by atoms with Crippen LogP contribution in [0.15, 0.2) is 41.6 Å². The summed E-state index contributed by atoms with van der Waals surface area (Å²) in [6.07, 6.45) is 9.93. The molecule has 1 aromatic carbocycles. The molecule has 4 saturated carbocycles. The minimum absolute atomic E-state index is 0.0145. The molecule has 4 aliphatic rings. The maximum absolute atomic E-state index is 13.6. The van der Waals surface area contributed by atoms with Crippen LogP contribution in [0.1, 0.15) is 50.8 Å². The summed E-state index contributed by atoms with van der Waals surface area (Å²) in [6.45, 7) is 1.85. The Hall–Kier alpha value is -3.39. The van der Waals surface area contributed by atoms with E-state index in [0.717, 1.165) is 47.5 Å². The fourth-order valence-electron chi connectivity index (χ4n) is 6.46. The zero-order valence-electron chi connectivity index (χ0n) is 19.3. The topological polar surface area (TPSA) is 108 Å². The summed E-state index contributed by atoms with van der Waals surface area (Å²) in [4.78, 5) is 22.9. The van der Waals surface area contributed by atoms with Crippen LogP contribution in [0.4, 0.5) is 5.82 Å². The highest BCUT2D eigenvalue weighted by molar-refractivity contribution is 5.94. The van der Waals surface area contributed by atoms with Crippen molar-refractivity contribution in [3.05, 3.63) is 53.0 Å². The summed E-state index contributed by atoms with van der Waals surface area (Å²) in [5.74, 6) is 2.86. The molecule has 0 radical (unpaired) electrons. The lowest BCUT2D eigenvalue weighted by Crippen LogP contribution is -2.61. The zero-order valence-corrected chi connectivity index (χ0v) is 19.3. The molecule has 0 amide bonds. The molecule has 8 heteroatoms. The van der Waals surface area contributed by atoms with Crippen LogP contribution < -0.4 is 16.0 Å². The number of hydrogen-bond donors (Lipinski definition) is 2. The Kier molecular flexibility index (Phi) is 3.76. The number of benzene rings is 1. The van der Waals surface area contributed by atoms with Gasteiger partial charge in [0.15, 0.2) is 0 Å². The number of aromatic nitrogens is 4. The molecule has 4 aromatic rings. The Morgan fingerprint density at radius 2 is 1.94 bits per heavy atom. The molecular formula is C26H27N5O3. The van der Waals surface area contributed by atoms with Crippen molar-refractivity contribution in [2.45, 2.75) is 56.1 Å². The first-order valence-corrected chi connectivity index (χ1v) is 11.9. The van der Waals surface area contributed by atoms with Crippen LogP contribution in [0, 0.1) is 5.92 Å². The van der Waals surface area contributed by atoms with Crippen molar-refractivity contribution in [2.24, 2.45) is 5.92 Å². The molecule has 3 heterocycles. The van der Waals surface area contributed by atoms with Crippen LogP contribution in [-0.2, 0) is 5.54 Å². The number of pyridine rings is 1. The number of fused-ring (bicyclic) bond motifs is 2. The van der Waals surface area contributed by atoms with Crippen molar-refractivity contribution in [2.75, 3.05) is 12.8 Å². The third-order valence-electron chi connectivity index (χ3n) is 8.34. The highest BCUT2D eigenvalue weighted by Gasteiger charge is 2.58. The minimum atomic E-state index is -0.665. The fraction of sp³-hybridized carbons (Fsp3) is 0.423. The Morgan fingerprint density at radius 3 is 2.59 bits per heavy atom. The van der Waals surface area contributed by atoms with Gasteiger partial charge in [-0.25, -0.2) is 9.97 Å². The molecule has 8 nitrogen and oxygen atoms in total. The van der Waals surface area contributed by atoms with Gasteiger partial charge in [0, 0.05) is 34.8 Å². The molecule has 2 bridgehead atoms. The fourth-order valence-corrected chi connectivity index (χ4v) is 6.46. The predicted octanol–water partition coefficient (Wildman–Crippen LogP) is 3.44. The molecular weight excluding hydrogens is 430 g/mol. The molecule has 0 atom stereocenters. The summed E-state index contributed by atoms with van der Waals surface area (Å²) in [7, 11) is 1.65. The van der Waals surface area contributed by atoms with Gasteiger partial charge in [0.05, 0.1) is 24.3 Å². The molecule has 0 spiro atoms. The lowest BCUT2D eigenvalue weighted by atomic mass is 9.49. The third-order valence-corrected chi connectivity index (χ3v) is 8.34. The van der Waals surface area contributed by atoms with Gasteiger partial charge in [0.25, 0.3) is 5.56 Å². The Bertz CT molecular complexity index is 1540. The SMILES string of the molecule is COc1cn(C23CC(C2)C3)c(=O)c2cc(-c3nc(C4CC(C)(O)C4)n4ccnc(N)c34)ccc12. The van der Waals surface area contributed by atoms with Gasteiger partial charge in [0.1, 0.15) is 28.6 Å². The first kappa shape index (κ1) is 20.0. The second kappa shape index (κ2) is 6.39. The van der Waals surface area contributed by atoms with Gasteiger partial charge in [-0.2, -0.15) is 0 Å². The minimum Gasteiger partial charge on any atom is -0.495 e. The maximum atomic E-state index is 13.6. The average molecular weight is 458 g/mol. The number of nitrogens with zero attached hydrogens (tertiary/aromatic N) is 4. The van der Waals surface area contributed by atoms with E-state index in [1.807, 2.05) is 46.5 Å². The van der Waals surface area contributed by atoms with E-state index in [1.54, 1.807) is 13.3 Å². The quantitative estimate of drug-likeness (QED) is 0.486. The molecule has 4 aliphatic carbocycles. The molecule has 0 aliphatic heterocycles. The van der Waals surface area contributed by atoms with Crippen LogP contribution in [-0.4, -0.2) is 36.8 Å². The maximum Gasteiger partial charge on any atom is 0.259 e. The van der Waals surface area contributed by atoms with E-state index < -0.39 is 5.60 Å². The van der Waals surface area contributed by atoms with Crippen molar-refractivity contribution in [3.8, 4) is 17.0 Å². The molecule has 3 aromatic heterocycles. The van der Waals surface area contributed by atoms with E-state index in [-0.39, 0.29) is 17.0 Å². The number of ether oxygens (including phenoxy) is 1. The summed E-state index contributed by atoms with van der Waals surface area (Å²) in [6, 6.07) is 5.81. The van der Waals surface area contributed by atoms with E-state index in [0.29, 0.717) is 35.5 Å². The second-order valence-electron chi connectivity index (χ2n) is 10.8. The highest BCUT2D eigenvalue weighted by atomic mass is 16.5. The van der Waals surface area contributed by atoms with Crippen molar-refractivity contribution in [1.29, 1.82) is 0 Å². The van der Waals surface area contributed by atoms with Crippen molar-refractivity contribution < 1.29 is 9.84 Å². The molecule has 4 fully saturated rings. The Labute approximate surface area is 196 Å². The van der Waals surface area contributed by atoms with Gasteiger partial charge in [0.2, 0.25) is 0 Å². The van der Waals surface area contributed by atoms with Gasteiger partial charge < -0.3 is 20.1 Å². The molecule has 0 unspecified atom stereocenters. The highest BCUT2D eigenvalue weighted by Crippen LogP contribution is 2.62. The second-order valence-corrected chi connectivity index (χ2v) is 10.8. The Balaban J connectivity index is 1.43. The predicted molar refractivity (Wildman–Crippen MR) is 129 cm³/mol. The summed E-state index contributed by atoms with van der Waals surface area (Å²) in [5.41, 5.74) is 7.87. The summed E-state index contributed by atoms with van der Waals surface area (Å²) >= 11 is 0. The van der Waals surface area contributed by atoms with E-state index >= 15 is 0 Å². The number of rotatable bonds is 4. The van der Waals surface area contributed by atoms with Crippen LogP contribution in [0.2, 0.25) is 0 Å². The van der Waals surface area contributed by atoms with Crippen molar-refractivity contribution >= 4 is 22.1 Å². The standard InChI is InChI=1S/C26H27N5O3/c1-25(33)11-16(12-25)23-29-20(21-22(27)28-5-6-30(21)23)15-3-4-17-18(7-15)24(32)31(13-19(17)34-2)26-8-14(9-26)10-26/h3-7,13-14,16,33H,8-12H2,1-2H3,(H2,27,28). The van der Waals surface area contributed by atoms with Crippen LogP contribution >= 0.6 is 0 Å². The van der Waals surface area contributed by atoms with Gasteiger partial charge >= 0.3 is 0 Å². The third kappa shape index (κ3) is 2.54. The molecule has 174 valence electrons. The van der Waals surface area contributed by atoms with Crippen molar-refractivity contribution in [1.82, 2.24) is 18.9 Å². The molecule has 3 N–H and O–H groups in total. The number of methoxy groups -OCH3 is 1. The Morgan fingerprint density at radius 1 is 1.18 bits per heavy atom. The first-order chi connectivity index (χ1) is 16.3. The molecule has 8 rings (SSSR count). The van der Waals surface area contributed by atoms with Gasteiger partial charge in [-0.3, -0.25) is 9.20 Å². The lowest BCUT2D eigenvalue weighted by Gasteiger charge is -2.62. The van der Waals surface area contributed by atoms with E-state index in [4.69, 9.17) is 15.5 Å². The van der Waals surface area contributed by atoms with Crippen LogP contribution in [0.5, 0.6) is 5.75 Å². The lowest BCUT2D eigenvalue weighted by molar-refractivity contribution is -0.0913. The van der Waals surface area contributed by atoms with E-state index in [2.05, 4.69) is 4.98 Å². The van der Waals surface area contributed by atoms with Gasteiger partial charge in [-0.05, 0) is 57.1 Å². The summed E-state index contributed by atoms with van der Waals surface area (Å²) < 4.78 is 9.57. The molecule has 0 saturated heterocycles. The smallest absolute Gasteiger partial charge is 0.259 e. The van der Waals surface area contributed by atoms with Gasteiger partial charge in [-0.1, -0.05) is 6.07 Å². The number of nitrogen functional groups attached to an aromatic ring is 1. The number of aliphatic hydroxyl groups is 1. The number of nitrogens with two attached hydrogens (primary N) is 1. The molecule has 34 heavy (non-hydrogen) atoms. The normalized spacial score (nSPS) is 29.5. The zero-order chi connectivity index (χ0) is 23.4.